The van der Waals surface area contributed by atoms with Gasteiger partial charge in [0.2, 0.25) is 0 Å². The summed E-state index contributed by atoms with van der Waals surface area (Å²) in [4.78, 5) is 12.0. The quantitative estimate of drug-likeness (QED) is 0.563. The molecular formula is C17H15BrClNO. The smallest absolute Gasteiger partial charge is 0.187 e. The van der Waals surface area contributed by atoms with Gasteiger partial charge in [-0.05, 0) is 46.1 Å². The van der Waals surface area contributed by atoms with E-state index in [1.807, 2.05) is 36.4 Å². The minimum absolute atomic E-state index is 0.0339. The SMILES string of the molecule is CCc1ccc(C(=O)/C=C/Nc2ccc(Br)c(Cl)c2)cc1. The van der Waals surface area contributed by atoms with E-state index in [2.05, 4.69) is 28.2 Å². The average molecular weight is 365 g/mol. The van der Waals surface area contributed by atoms with E-state index in [-0.39, 0.29) is 5.78 Å². The predicted molar refractivity (Wildman–Crippen MR) is 92.1 cm³/mol. The molecule has 0 aliphatic heterocycles. The van der Waals surface area contributed by atoms with E-state index in [1.54, 1.807) is 12.3 Å². The Morgan fingerprint density at radius 3 is 2.57 bits per heavy atom. The van der Waals surface area contributed by atoms with Gasteiger partial charge in [-0.15, -0.1) is 0 Å². The van der Waals surface area contributed by atoms with Gasteiger partial charge < -0.3 is 5.32 Å². The minimum atomic E-state index is -0.0339. The molecule has 0 atom stereocenters. The maximum absolute atomic E-state index is 12.0. The van der Waals surface area contributed by atoms with E-state index in [9.17, 15) is 4.79 Å². The van der Waals surface area contributed by atoms with E-state index < -0.39 is 0 Å². The highest BCUT2D eigenvalue weighted by Crippen LogP contribution is 2.25. The Morgan fingerprint density at radius 2 is 1.95 bits per heavy atom. The van der Waals surface area contributed by atoms with Crippen LogP contribution >= 0.6 is 27.5 Å². The highest BCUT2D eigenvalue weighted by molar-refractivity contribution is 9.10. The second-order valence-corrected chi connectivity index (χ2v) is 5.78. The summed E-state index contributed by atoms with van der Waals surface area (Å²) in [5, 5.41) is 3.65. The summed E-state index contributed by atoms with van der Waals surface area (Å²) in [5.41, 5.74) is 2.73. The lowest BCUT2D eigenvalue weighted by atomic mass is 10.1. The number of anilines is 1. The first-order valence-electron chi connectivity index (χ1n) is 6.61. The number of aryl methyl sites for hydroxylation is 1. The molecule has 1 N–H and O–H groups in total. The van der Waals surface area contributed by atoms with Crippen LogP contribution in [0.3, 0.4) is 0 Å². The minimum Gasteiger partial charge on any atom is -0.362 e. The Labute approximate surface area is 138 Å². The summed E-state index contributed by atoms with van der Waals surface area (Å²) < 4.78 is 0.839. The fraction of sp³-hybridized carbons (Fsp3) is 0.118. The molecule has 108 valence electrons. The van der Waals surface area contributed by atoms with Crippen molar-refractivity contribution in [2.45, 2.75) is 13.3 Å². The van der Waals surface area contributed by atoms with Crippen molar-refractivity contribution < 1.29 is 4.79 Å². The Balaban J connectivity index is 1.99. The van der Waals surface area contributed by atoms with Crippen molar-refractivity contribution >= 4 is 39.0 Å². The number of carbonyl (C=O) groups excluding carboxylic acids is 1. The molecule has 2 nitrogen and oxygen atoms in total. The van der Waals surface area contributed by atoms with Crippen molar-refractivity contribution in [2.24, 2.45) is 0 Å². The van der Waals surface area contributed by atoms with Crippen molar-refractivity contribution in [3.63, 3.8) is 0 Å². The van der Waals surface area contributed by atoms with Gasteiger partial charge in [0, 0.05) is 28.0 Å². The van der Waals surface area contributed by atoms with Crippen LogP contribution in [0.5, 0.6) is 0 Å². The zero-order chi connectivity index (χ0) is 15.2. The standard InChI is InChI=1S/C17H15BrClNO/c1-2-12-3-5-13(6-4-12)17(21)9-10-20-14-7-8-15(18)16(19)11-14/h3-11,20H,2H2,1H3/b10-9+. The summed E-state index contributed by atoms with van der Waals surface area (Å²) in [6.45, 7) is 2.09. The first-order valence-corrected chi connectivity index (χ1v) is 7.78. The normalized spacial score (nSPS) is 10.8. The number of hydrogen-bond acceptors (Lipinski definition) is 2. The number of benzene rings is 2. The molecule has 0 aromatic heterocycles. The first kappa shape index (κ1) is 15.8. The highest BCUT2D eigenvalue weighted by Gasteiger charge is 2.01. The van der Waals surface area contributed by atoms with E-state index >= 15 is 0 Å². The van der Waals surface area contributed by atoms with E-state index in [4.69, 9.17) is 11.6 Å². The third-order valence-electron chi connectivity index (χ3n) is 3.05. The third kappa shape index (κ3) is 4.45. The highest BCUT2D eigenvalue weighted by atomic mass is 79.9. The number of carbonyl (C=O) groups is 1. The van der Waals surface area contributed by atoms with Crippen molar-refractivity contribution in [1.29, 1.82) is 0 Å². The van der Waals surface area contributed by atoms with Crippen LogP contribution in [0, 0.1) is 0 Å². The molecule has 0 fully saturated rings. The summed E-state index contributed by atoms with van der Waals surface area (Å²) in [6.07, 6.45) is 4.10. The summed E-state index contributed by atoms with van der Waals surface area (Å²) in [5.74, 6) is -0.0339. The number of nitrogens with one attached hydrogen (secondary N) is 1. The monoisotopic (exact) mass is 363 g/mol. The Morgan fingerprint density at radius 1 is 1.24 bits per heavy atom. The molecule has 0 unspecified atom stereocenters. The van der Waals surface area contributed by atoms with E-state index in [0.717, 1.165) is 16.6 Å². The zero-order valence-corrected chi connectivity index (χ0v) is 13.9. The Kier molecular flexibility index (Phi) is 5.59. The second kappa shape index (κ2) is 7.43. The topological polar surface area (TPSA) is 29.1 Å². The third-order valence-corrected chi connectivity index (χ3v) is 4.28. The summed E-state index contributed by atoms with van der Waals surface area (Å²) >= 11 is 9.33. The largest absolute Gasteiger partial charge is 0.362 e. The van der Waals surface area contributed by atoms with E-state index in [1.165, 1.54) is 11.6 Å². The predicted octanol–water partition coefficient (Wildman–Crippen LogP) is 5.47. The van der Waals surface area contributed by atoms with Crippen LogP contribution in [0.25, 0.3) is 0 Å². The molecule has 0 heterocycles. The number of halogens is 2. The van der Waals surface area contributed by atoms with Crippen LogP contribution < -0.4 is 5.32 Å². The molecule has 21 heavy (non-hydrogen) atoms. The van der Waals surface area contributed by atoms with Gasteiger partial charge >= 0.3 is 0 Å². The zero-order valence-electron chi connectivity index (χ0n) is 11.6. The first-order chi connectivity index (χ1) is 10.1. The fourth-order valence-electron chi connectivity index (χ4n) is 1.80. The molecule has 2 aromatic rings. The molecule has 2 rings (SSSR count). The van der Waals surface area contributed by atoms with Crippen molar-refractivity contribution in [3.8, 4) is 0 Å². The van der Waals surface area contributed by atoms with Crippen LogP contribution in [0.15, 0.2) is 59.2 Å². The number of ketones is 1. The van der Waals surface area contributed by atoms with Gasteiger partial charge in [0.25, 0.3) is 0 Å². The van der Waals surface area contributed by atoms with Crippen LogP contribution in [-0.4, -0.2) is 5.78 Å². The Hall–Kier alpha value is -1.58. The van der Waals surface area contributed by atoms with Crippen molar-refractivity contribution in [3.05, 3.63) is 75.4 Å². The number of rotatable bonds is 5. The molecule has 0 saturated heterocycles. The van der Waals surface area contributed by atoms with Gasteiger partial charge in [-0.3, -0.25) is 4.79 Å². The van der Waals surface area contributed by atoms with Gasteiger partial charge in [-0.1, -0.05) is 42.8 Å². The van der Waals surface area contributed by atoms with Gasteiger partial charge in [0.1, 0.15) is 0 Å². The lowest BCUT2D eigenvalue weighted by molar-refractivity contribution is 0.104. The molecule has 0 aliphatic rings. The van der Waals surface area contributed by atoms with Gasteiger partial charge in [0.05, 0.1) is 5.02 Å². The maximum atomic E-state index is 12.0. The van der Waals surface area contributed by atoms with Crippen LogP contribution in [0.4, 0.5) is 5.69 Å². The maximum Gasteiger partial charge on any atom is 0.187 e. The number of hydrogen-bond donors (Lipinski definition) is 1. The summed E-state index contributed by atoms with van der Waals surface area (Å²) in [7, 11) is 0. The molecule has 4 heteroatoms. The lowest BCUT2D eigenvalue weighted by Gasteiger charge is -2.03. The summed E-state index contributed by atoms with van der Waals surface area (Å²) in [6, 6.07) is 13.2. The van der Waals surface area contributed by atoms with Crippen molar-refractivity contribution in [1.82, 2.24) is 0 Å². The Bertz CT molecular complexity index is 665. The van der Waals surface area contributed by atoms with Crippen LogP contribution in [-0.2, 0) is 6.42 Å². The lowest BCUT2D eigenvalue weighted by Crippen LogP contribution is -1.96. The molecule has 0 radical (unpaired) electrons. The fourth-order valence-corrected chi connectivity index (χ4v) is 2.23. The van der Waals surface area contributed by atoms with Crippen molar-refractivity contribution in [2.75, 3.05) is 5.32 Å². The molecule has 0 aliphatic carbocycles. The molecule has 0 bridgehead atoms. The van der Waals surface area contributed by atoms with E-state index in [0.29, 0.717) is 10.6 Å². The van der Waals surface area contributed by atoms with Gasteiger partial charge in [-0.2, -0.15) is 0 Å². The van der Waals surface area contributed by atoms with Gasteiger partial charge in [-0.25, -0.2) is 0 Å². The molecule has 2 aromatic carbocycles. The molecular weight excluding hydrogens is 350 g/mol. The molecule has 0 spiro atoms. The number of allylic oxidation sites excluding steroid dienone is 1. The molecule has 0 amide bonds. The van der Waals surface area contributed by atoms with Crippen LogP contribution in [0.2, 0.25) is 5.02 Å². The second-order valence-electron chi connectivity index (χ2n) is 4.52. The van der Waals surface area contributed by atoms with Gasteiger partial charge in [0.15, 0.2) is 5.78 Å². The van der Waals surface area contributed by atoms with Crippen LogP contribution in [0.1, 0.15) is 22.8 Å². The average Bonchev–Trinajstić information content (AvgIpc) is 2.51. The molecule has 0 saturated carbocycles.